The molecule has 0 unspecified atom stereocenters. The third-order valence-electron chi connectivity index (χ3n) is 4.50. The molecule has 2 aromatic heterocycles. The molecule has 0 spiro atoms. The molecule has 0 N–H and O–H groups in total. The Hall–Kier alpha value is -1.94. The van der Waals surface area contributed by atoms with Crippen LogP contribution in [0.1, 0.15) is 5.82 Å². The van der Waals surface area contributed by atoms with Crippen molar-refractivity contribution in [2.45, 2.75) is 11.8 Å². The Morgan fingerprint density at radius 2 is 1.70 bits per heavy atom. The topological polar surface area (TPSA) is 83.7 Å². The third-order valence-corrected chi connectivity index (χ3v) is 7.13. The molecule has 1 fully saturated rings. The summed E-state index contributed by atoms with van der Waals surface area (Å²) in [5, 5.41) is 13.1. The lowest BCUT2D eigenvalue weighted by Gasteiger charge is -2.34. The minimum atomic E-state index is -3.62. The van der Waals surface area contributed by atoms with Crippen molar-refractivity contribution in [3.63, 3.8) is 0 Å². The number of piperazine rings is 1. The van der Waals surface area contributed by atoms with Crippen molar-refractivity contribution >= 4 is 44.7 Å². The minimum Gasteiger partial charge on any atom is -0.353 e. The van der Waals surface area contributed by atoms with Crippen molar-refractivity contribution in [1.82, 2.24) is 24.1 Å². The average Bonchev–Trinajstić information content (AvgIpc) is 3.04. The lowest BCUT2D eigenvalue weighted by molar-refractivity contribution is 0.383. The Kier molecular flexibility index (Phi) is 4.71. The number of sulfonamides is 1. The standard InChI is InChI=1S/C16H16Cl2N6O2S/c1-11-19-20-15-4-5-16(21-24(11)15)22-6-8-23(9-7-22)27(25,26)12-2-3-13(17)14(18)10-12/h2-5,10H,6-9H2,1H3. The number of rotatable bonds is 3. The first-order valence-corrected chi connectivity index (χ1v) is 10.4. The predicted molar refractivity (Wildman–Crippen MR) is 103 cm³/mol. The Balaban J connectivity index is 1.52. The maximum absolute atomic E-state index is 12.8. The normalized spacial score (nSPS) is 16.2. The van der Waals surface area contributed by atoms with Gasteiger partial charge in [0.05, 0.1) is 14.9 Å². The molecule has 1 aliphatic rings. The van der Waals surface area contributed by atoms with E-state index < -0.39 is 10.0 Å². The van der Waals surface area contributed by atoms with E-state index >= 15 is 0 Å². The van der Waals surface area contributed by atoms with Gasteiger partial charge in [-0.3, -0.25) is 0 Å². The maximum atomic E-state index is 12.8. The van der Waals surface area contributed by atoms with Gasteiger partial charge in [0.25, 0.3) is 0 Å². The molecule has 8 nitrogen and oxygen atoms in total. The van der Waals surface area contributed by atoms with Crippen molar-refractivity contribution in [2.24, 2.45) is 0 Å². The van der Waals surface area contributed by atoms with Gasteiger partial charge in [-0.1, -0.05) is 23.2 Å². The van der Waals surface area contributed by atoms with Gasteiger partial charge < -0.3 is 4.90 Å². The van der Waals surface area contributed by atoms with Gasteiger partial charge >= 0.3 is 0 Å². The van der Waals surface area contributed by atoms with E-state index in [-0.39, 0.29) is 9.92 Å². The Labute approximate surface area is 166 Å². The quantitative estimate of drug-likeness (QED) is 0.638. The molecule has 0 aliphatic carbocycles. The number of benzene rings is 1. The number of hydrogen-bond donors (Lipinski definition) is 0. The molecule has 0 bridgehead atoms. The molecule has 0 amide bonds. The van der Waals surface area contributed by atoms with E-state index in [9.17, 15) is 8.42 Å². The van der Waals surface area contributed by atoms with E-state index in [0.29, 0.717) is 42.7 Å². The van der Waals surface area contributed by atoms with Crippen LogP contribution < -0.4 is 4.90 Å². The smallest absolute Gasteiger partial charge is 0.243 e. The molecular weight excluding hydrogens is 411 g/mol. The number of hydrogen-bond acceptors (Lipinski definition) is 6. The van der Waals surface area contributed by atoms with E-state index in [1.54, 1.807) is 4.52 Å². The molecule has 142 valence electrons. The highest BCUT2D eigenvalue weighted by Gasteiger charge is 2.29. The molecule has 4 rings (SSSR count). The van der Waals surface area contributed by atoms with Crippen LogP contribution in [0, 0.1) is 6.92 Å². The van der Waals surface area contributed by atoms with Crippen LogP contribution in [0.5, 0.6) is 0 Å². The highest BCUT2D eigenvalue weighted by atomic mass is 35.5. The monoisotopic (exact) mass is 426 g/mol. The lowest BCUT2D eigenvalue weighted by atomic mass is 10.3. The second-order valence-electron chi connectivity index (χ2n) is 6.18. The summed E-state index contributed by atoms with van der Waals surface area (Å²) in [4.78, 5) is 2.18. The van der Waals surface area contributed by atoms with Gasteiger partial charge in [0.2, 0.25) is 10.0 Å². The molecule has 1 aromatic carbocycles. The maximum Gasteiger partial charge on any atom is 0.243 e. The summed E-state index contributed by atoms with van der Waals surface area (Å²) < 4.78 is 28.8. The first-order valence-electron chi connectivity index (χ1n) is 8.25. The number of nitrogens with zero attached hydrogens (tertiary/aromatic N) is 6. The van der Waals surface area contributed by atoms with Gasteiger partial charge in [-0.05, 0) is 37.3 Å². The second-order valence-corrected chi connectivity index (χ2v) is 8.93. The summed E-state index contributed by atoms with van der Waals surface area (Å²) in [6.45, 7) is 3.59. The molecule has 11 heteroatoms. The molecule has 27 heavy (non-hydrogen) atoms. The van der Waals surface area contributed by atoms with Crippen molar-refractivity contribution in [1.29, 1.82) is 0 Å². The number of anilines is 1. The van der Waals surface area contributed by atoms with Gasteiger partial charge in [-0.2, -0.15) is 8.82 Å². The molecule has 0 saturated carbocycles. The molecule has 1 saturated heterocycles. The highest BCUT2D eigenvalue weighted by Crippen LogP contribution is 2.27. The number of fused-ring (bicyclic) bond motifs is 1. The van der Waals surface area contributed by atoms with Crippen LogP contribution in [-0.2, 0) is 10.0 Å². The van der Waals surface area contributed by atoms with Crippen LogP contribution in [0.3, 0.4) is 0 Å². The molecule has 0 radical (unpaired) electrons. The van der Waals surface area contributed by atoms with Gasteiger partial charge in [0.1, 0.15) is 5.82 Å². The molecule has 3 heterocycles. The predicted octanol–water partition coefficient (Wildman–Crippen LogP) is 2.25. The van der Waals surface area contributed by atoms with Gasteiger partial charge in [0, 0.05) is 26.2 Å². The lowest BCUT2D eigenvalue weighted by Crippen LogP contribution is -2.49. The Bertz CT molecular complexity index is 1110. The first-order chi connectivity index (χ1) is 12.9. The Morgan fingerprint density at radius 3 is 2.41 bits per heavy atom. The summed E-state index contributed by atoms with van der Waals surface area (Å²) >= 11 is 11.9. The van der Waals surface area contributed by atoms with Crippen LogP contribution in [-0.4, -0.2) is 58.7 Å². The van der Waals surface area contributed by atoms with Crippen LogP contribution in [0.2, 0.25) is 10.0 Å². The van der Waals surface area contributed by atoms with Crippen molar-refractivity contribution in [2.75, 3.05) is 31.1 Å². The van der Waals surface area contributed by atoms with Crippen LogP contribution in [0.4, 0.5) is 5.82 Å². The van der Waals surface area contributed by atoms with E-state index in [2.05, 4.69) is 15.3 Å². The van der Waals surface area contributed by atoms with Crippen molar-refractivity contribution < 1.29 is 8.42 Å². The summed E-state index contributed by atoms with van der Waals surface area (Å²) in [5.74, 6) is 1.46. The molecular formula is C16H16Cl2N6O2S. The first kappa shape index (κ1) is 18.4. The fraction of sp³-hybridized carbons (Fsp3) is 0.312. The number of aromatic nitrogens is 4. The fourth-order valence-corrected chi connectivity index (χ4v) is 4.81. The molecule has 3 aromatic rings. The highest BCUT2D eigenvalue weighted by molar-refractivity contribution is 7.89. The van der Waals surface area contributed by atoms with Crippen LogP contribution in [0.15, 0.2) is 35.2 Å². The van der Waals surface area contributed by atoms with Crippen LogP contribution >= 0.6 is 23.2 Å². The number of aryl methyl sites for hydroxylation is 1. The van der Waals surface area contributed by atoms with Gasteiger partial charge in [-0.15, -0.1) is 15.3 Å². The summed E-state index contributed by atoms with van der Waals surface area (Å²) in [5.41, 5.74) is 0.678. The van der Waals surface area contributed by atoms with E-state index in [1.165, 1.54) is 22.5 Å². The zero-order valence-corrected chi connectivity index (χ0v) is 16.7. The summed E-state index contributed by atoms with van der Waals surface area (Å²) in [7, 11) is -3.62. The van der Waals surface area contributed by atoms with Crippen molar-refractivity contribution in [3.8, 4) is 0 Å². The zero-order chi connectivity index (χ0) is 19.2. The van der Waals surface area contributed by atoms with E-state index in [1.807, 2.05) is 24.0 Å². The summed E-state index contributed by atoms with van der Waals surface area (Å²) in [6.07, 6.45) is 0. The second kappa shape index (κ2) is 6.90. The minimum absolute atomic E-state index is 0.144. The number of halogens is 2. The van der Waals surface area contributed by atoms with E-state index in [4.69, 9.17) is 23.2 Å². The molecule has 0 atom stereocenters. The molecule has 1 aliphatic heterocycles. The SMILES string of the molecule is Cc1nnc2ccc(N3CCN(S(=O)(=O)c4ccc(Cl)c(Cl)c4)CC3)nn12. The van der Waals surface area contributed by atoms with Gasteiger partial charge in [-0.25, -0.2) is 8.42 Å². The van der Waals surface area contributed by atoms with Crippen LogP contribution in [0.25, 0.3) is 5.65 Å². The third kappa shape index (κ3) is 3.36. The van der Waals surface area contributed by atoms with Gasteiger partial charge in [0.15, 0.2) is 11.5 Å². The Morgan fingerprint density at radius 1 is 0.963 bits per heavy atom. The fourth-order valence-electron chi connectivity index (χ4n) is 3.00. The zero-order valence-electron chi connectivity index (χ0n) is 14.4. The average molecular weight is 427 g/mol. The largest absolute Gasteiger partial charge is 0.353 e. The van der Waals surface area contributed by atoms with E-state index in [0.717, 1.165) is 5.82 Å². The summed E-state index contributed by atoms with van der Waals surface area (Å²) in [6, 6.07) is 8.07. The van der Waals surface area contributed by atoms with Crippen molar-refractivity contribution in [3.05, 3.63) is 46.2 Å².